The Kier molecular flexibility index (Phi) is 8.87. The van der Waals surface area contributed by atoms with Gasteiger partial charge in [-0.3, -0.25) is 14.4 Å². The van der Waals surface area contributed by atoms with E-state index in [2.05, 4.69) is 33.9 Å². The summed E-state index contributed by atoms with van der Waals surface area (Å²) in [4.78, 5) is 49.1. The summed E-state index contributed by atoms with van der Waals surface area (Å²) < 4.78 is -1.25. The van der Waals surface area contributed by atoms with E-state index < -0.39 is 39.0 Å². The Labute approximate surface area is 250 Å². The van der Waals surface area contributed by atoms with Gasteiger partial charge in [-0.05, 0) is 65.0 Å². The highest BCUT2D eigenvalue weighted by molar-refractivity contribution is 8.02. The first-order valence-corrected chi connectivity index (χ1v) is 15.6. The van der Waals surface area contributed by atoms with Gasteiger partial charge >= 0.3 is 0 Å². The van der Waals surface area contributed by atoms with E-state index >= 15 is 0 Å². The topological polar surface area (TPSA) is 81.2 Å². The predicted octanol–water partition coefficient (Wildman–Crippen LogP) is 4.91. The normalized spacial score (nSPS) is 29.4. The third-order valence-electron chi connectivity index (χ3n) is 9.10. The van der Waals surface area contributed by atoms with Gasteiger partial charge in [0.2, 0.25) is 17.7 Å². The molecule has 2 unspecified atom stereocenters. The molecular formula is C33H47N3O4S. The third-order valence-corrected chi connectivity index (χ3v) is 11.1. The van der Waals surface area contributed by atoms with E-state index in [1.54, 1.807) is 38.6 Å². The monoisotopic (exact) mass is 581 g/mol. The van der Waals surface area contributed by atoms with Crippen LogP contribution >= 0.6 is 11.8 Å². The van der Waals surface area contributed by atoms with Crippen LogP contribution in [0.2, 0.25) is 0 Å². The Morgan fingerprint density at radius 2 is 1.76 bits per heavy atom. The van der Waals surface area contributed by atoms with Gasteiger partial charge in [-0.15, -0.1) is 24.9 Å². The van der Waals surface area contributed by atoms with E-state index in [-0.39, 0.29) is 30.2 Å². The number of amides is 3. The van der Waals surface area contributed by atoms with Gasteiger partial charge in [0.15, 0.2) is 0 Å². The first-order chi connectivity index (χ1) is 19.3. The summed E-state index contributed by atoms with van der Waals surface area (Å²) in [6.07, 6.45) is 5.40. The van der Waals surface area contributed by atoms with Crippen molar-refractivity contribution in [1.29, 1.82) is 0 Å². The Bertz CT molecular complexity index is 1180. The molecule has 0 saturated carbocycles. The highest BCUT2D eigenvalue weighted by Gasteiger charge is 2.78. The number of hydrogen-bond acceptors (Lipinski definition) is 5. The molecule has 2 bridgehead atoms. The molecule has 3 heterocycles. The first kappa shape index (κ1) is 31.4. The Hall–Kier alpha value is -2.58. The molecule has 1 spiro atoms. The Balaban J connectivity index is 1.86. The van der Waals surface area contributed by atoms with E-state index in [9.17, 15) is 19.5 Å². The fourth-order valence-electron chi connectivity index (χ4n) is 7.43. The number of aliphatic hydroxyl groups is 1. The van der Waals surface area contributed by atoms with Crippen LogP contribution in [0.15, 0.2) is 55.6 Å². The van der Waals surface area contributed by atoms with Gasteiger partial charge in [0.05, 0.1) is 29.2 Å². The molecule has 1 N–H and O–H groups in total. The molecule has 4 rings (SSSR count). The van der Waals surface area contributed by atoms with E-state index in [4.69, 9.17) is 0 Å². The van der Waals surface area contributed by atoms with Gasteiger partial charge in [0, 0.05) is 29.1 Å². The van der Waals surface area contributed by atoms with Crippen LogP contribution in [0, 0.1) is 17.8 Å². The molecule has 7 nitrogen and oxygen atoms in total. The van der Waals surface area contributed by atoms with Crippen LogP contribution in [0.4, 0.5) is 5.69 Å². The van der Waals surface area contributed by atoms with Crippen molar-refractivity contribution in [3.63, 3.8) is 0 Å². The summed E-state index contributed by atoms with van der Waals surface area (Å²) in [5.74, 6) is -1.48. The van der Waals surface area contributed by atoms with Crippen LogP contribution in [-0.2, 0) is 14.4 Å². The summed E-state index contributed by atoms with van der Waals surface area (Å²) in [6.45, 7) is 20.4. The molecule has 0 aromatic heterocycles. The molecule has 3 saturated heterocycles. The molecule has 41 heavy (non-hydrogen) atoms. The van der Waals surface area contributed by atoms with Crippen LogP contribution in [0.5, 0.6) is 0 Å². The summed E-state index contributed by atoms with van der Waals surface area (Å²) in [5.41, 5.74) is 0.256. The molecule has 0 radical (unpaired) electrons. The summed E-state index contributed by atoms with van der Waals surface area (Å²) in [5, 5.41) is 10.6. The SMILES string of the molecule is C=CCN(C(=O)[C@H]1[C@H]2C(=O)N([C@@H](CO)CC(C)C)C(C(=O)N(CC=C)C(C)(C)C)C23CC[C@]1(C)S3)c1ccccc1. The minimum atomic E-state index is -0.774. The number of para-hydroxylation sites is 1. The maximum absolute atomic E-state index is 14.7. The molecule has 3 aliphatic heterocycles. The van der Waals surface area contributed by atoms with Crippen LogP contribution in [0.3, 0.4) is 0 Å². The van der Waals surface area contributed by atoms with Crippen molar-refractivity contribution < 1.29 is 19.5 Å². The number of fused-ring (bicyclic) bond motifs is 1. The number of aliphatic hydroxyl groups excluding tert-OH is 1. The predicted molar refractivity (Wildman–Crippen MR) is 167 cm³/mol. The van der Waals surface area contributed by atoms with Crippen LogP contribution in [0.1, 0.15) is 60.8 Å². The van der Waals surface area contributed by atoms with E-state index in [1.807, 2.05) is 51.1 Å². The quantitative estimate of drug-likeness (QED) is 0.376. The molecule has 224 valence electrons. The molecule has 3 fully saturated rings. The zero-order chi connectivity index (χ0) is 30.3. The molecule has 3 aliphatic rings. The number of likely N-dealkylation sites (tertiary alicyclic amines) is 1. The third kappa shape index (κ3) is 5.27. The van der Waals surface area contributed by atoms with Gasteiger partial charge < -0.3 is 19.8 Å². The lowest BCUT2D eigenvalue weighted by Gasteiger charge is -2.44. The maximum atomic E-state index is 14.7. The van der Waals surface area contributed by atoms with E-state index in [1.165, 1.54) is 0 Å². The largest absolute Gasteiger partial charge is 0.394 e. The van der Waals surface area contributed by atoms with Crippen molar-refractivity contribution in [3.8, 4) is 0 Å². The minimum Gasteiger partial charge on any atom is -0.394 e. The number of carbonyl (C=O) groups excluding carboxylic acids is 3. The van der Waals surface area contributed by atoms with Gasteiger partial charge in [-0.1, -0.05) is 44.2 Å². The Morgan fingerprint density at radius 1 is 1.12 bits per heavy atom. The average molecular weight is 582 g/mol. The van der Waals surface area contributed by atoms with Crippen LogP contribution < -0.4 is 4.90 Å². The lowest BCUT2D eigenvalue weighted by molar-refractivity contribution is -0.148. The fourth-order valence-corrected chi connectivity index (χ4v) is 9.76. The number of thioether (sulfide) groups is 1. The van der Waals surface area contributed by atoms with Crippen LogP contribution in [-0.4, -0.2) is 79.4 Å². The molecule has 0 aliphatic carbocycles. The van der Waals surface area contributed by atoms with E-state index in [0.29, 0.717) is 25.9 Å². The standard InChI is InChI=1S/C33H47N3O4S/c1-9-18-34(23-14-12-11-13-15-23)28(38)25-26-29(39)36(24(21-37)20-22(3)4)27(33(26)17-16-32(25,8)41-33)30(40)35(19-10-2)31(5,6)7/h9-15,22,24-27,37H,1-2,16-21H2,3-8H3/t24-,25-,26+,27?,32+,33?/m1/s1. The number of carbonyl (C=O) groups is 3. The molecule has 1 aromatic carbocycles. The van der Waals surface area contributed by atoms with Gasteiger partial charge in [-0.2, -0.15) is 0 Å². The van der Waals surface area contributed by atoms with Crippen LogP contribution in [0.25, 0.3) is 0 Å². The smallest absolute Gasteiger partial charge is 0.247 e. The minimum absolute atomic E-state index is 0.109. The number of anilines is 1. The number of nitrogens with zero attached hydrogens (tertiary/aromatic N) is 3. The molecular weight excluding hydrogens is 534 g/mol. The average Bonchev–Trinajstić information content (AvgIpc) is 3.48. The van der Waals surface area contributed by atoms with Gasteiger partial charge in [-0.25, -0.2) is 0 Å². The van der Waals surface area contributed by atoms with Crippen molar-refractivity contribution >= 4 is 35.2 Å². The fraction of sp³-hybridized carbons (Fsp3) is 0.606. The second-order valence-corrected chi connectivity index (χ2v) is 15.3. The molecule has 1 aromatic rings. The van der Waals surface area contributed by atoms with Crippen molar-refractivity contribution in [2.75, 3.05) is 24.6 Å². The number of rotatable bonds is 11. The van der Waals surface area contributed by atoms with Crippen molar-refractivity contribution in [1.82, 2.24) is 9.80 Å². The van der Waals surface area contributed by atoms with Crippen molar-refractivity contribution in [3.05, 3.63) is 55.6 Å². The zero-order valence-electron chi connectivity index (χ0n) is 25.5. The number of hydrogen-bond donors (Lipinski definition) is 1. The lowest BCUT2D eigenvalue weighted by Crippen LogP contribution is -2.60. The maximum Gasteiger partial charge on any atom is 0.247 e. The lowest BCUT2D eigenvalue weighted by atomic mass is 9.66. The summed E-state index contributed by atoms with van der Waals surface area (Å²) in [6, 6.07) is 8.21. The molecule has 3 amide bonds. The van der Waals surface area contributed by atoms with Crippen molar-refractivity contribution in [2.24, 2.45) is 17.8 Å². The van der Waals surface area contributed by atoms with Gasteiger partial charge in [0.25, 0.3) is 0 Å². The summed E-state index contributed by atoms with van der Waals surface area (Å²) >= 11 is 1.67. The second kappa shape index (κ2) is 11.6. The molecule has 6 atom stereocenters. The molecule has 8 heteroatoms. The Morgan fingerprint density at radius 3 is 2.29 bits per heavy atom. The van der Waals surface area contributed by atoms with Gasteiger partial charge in [0.1, 0.15) is 6.04 Å². The highest BCUT2D eigenvalue weighted by atomic mass is 32.2. The zero-order valence-corrected chi connectivity index (χ0v) is 26.3. The highest BCUT2D eigenvalue weighted by Crippen LogP contribution is 2.72. The first-order valence-electron chi connectivity index (χ1n) is 14.8. The summed E-state index contributed by atoms with van der Waals surface area (Å²) in [7, 11) is 0. The second-order valence-electron chi connectivity index (χ2n) is 13.4. The van der Waals surface area contributed by atoms with Crippen molar-refractivity contribution in [2.45, 2.75) is 87.9 Å². The van der Waals surface area contributed by atoms with E-state index in [0.717, 1.165) is 12.1 Å². The number of benzene rings is 1.